The van der Waals surface area contributed by atoms with Gasteiger partial charge in [0.2, 0.25) is 0 Å². The van der Waals surface area contributed by atoms with Gasteiger partial charge in [-0.3, -0.25) is 0 Å². The van der Waals surface area contributed by atoms with Crippen molar-refractivity contribution < 1.29 is 4.42 Å². The lowest BCUT2D eigenvalue weighted by atomic mass is 10.1. The summed E-state index contributed by atoms with van der Waals surface area (Å²) in [4.78, 5) is 19.9. The molecule has 0 saturated heterocycles. The summed E-state index contributed by atoms with van der Waals surface area (Å²) in [5.41, 5.74) is 6.62. The van der Waals surface area contributed by atoms with Crippen molar-refractivity contribution in [2.24, 2.45) is 0 Å². The van der Waals surface area contributed by atoms with E-state index in [-0.39, 0.29) is 0 Å². The van der Waals surface area contributed by atoms with Gasteiger partial charge in [-0.05, 0) is 41.8 Å². The smallest absolute Gasteiger partial charge is 0.164 e. The highest BCUT2D eigenvalue weighted by Gasteiger charge is 2.16. The number of fused-ring (bicyclic) bond motifs is 6. The molecule has 206 valence electrons. The monoisotopic (exact) mass is 582 g/mol. The molecule has 5 nitrogen and oxygen atoms in total. The van der Waals surface area contributed by atoms with Crippen LogP contribution in [0.3, 0.4) is 0 Å². The Morgan fingerprint density at radius 2 is 1.07 bits per heavy atom. The van der Waals surface area contributed by atoms with Gasteiger partial charge in [-0.25, -0.2) is 19.9 Å². The Balaban J connectivity index is 1.20. The summed E-state index contributed by atoms with van der Waals surface area (Å²) in [6.07, 6.45) is 0. The van der Waals surface area contributed by atoms with Crippen LogP contribution < -0.4 is 0 Å². The number of thiazole rings is 1. The van der Waals surface area contributed by atoms with Crippen LogP contribution in [-0.4, -0.2) is 19.9 Å². The van der Waals surface area contributed by atoms with E-state index in [1.165, 1.54) is 10.1 Å². The Kier molecular flexibility index (Phi) is 5.61. The molecule has 3 aromatic heterocycles. The van der Waals surface area contributed by atoms with Gasteiger partial charge in [-0.2, -0.15) is 0 Å². The summed E-state index contributed by atoms with van der Waals surface area (Å²) < 4.78 is 7.25. The fourth-order valence-corrected chi connectivity index (χ4v) is 6.88. The lowest BCUT2D eigenvalue weighted by Gasteiger charge is -2.09. The summed E-state index contributed by atoms with van der Waals surface area (Å²) in [7, 11) is 0. The summed E-state index contributed by atoms with van der Waals surface area (Å²) in [6.45, 7) is 0. The van der Waals surface area contributed by atoms with Gasteiger partial charge < -0.3 is 4.42 Å². The number of hydrogen-bond acceptors (Lipinski definition) is 6. The second kappa shape index (κ2) is 9.93. The van der Waals surface area contributed by atoms with Gasteiger partial charge in [0.05, 0.1) is 10.2 Å². The summed E-state index contributed by atoms with van der Waals surface area (Å²) >= 11 is 1.72. The quantitative estimate of drug-likeness (QED) is 0.207. The molecule has 0 aliphatic heterocycles. The lowest BCUT2D eigenvalue weighted by Crippen LogP contribution is -2.00. The molecule has 0 N–H and O–H groups in total. The summed E-state index contributed by atoms with van der Waals surface area (Å²) in [6, 6.07) is 45.3. The largest absolute Gasteiger partial charge is 0.456 e. The molecule has 6 aromatic carbocycles. The highest BCUT2D eigenvalue weighted by molar-refractivity contribution is 7.22. The average molecular weight is 583 g/mol. The second-order valence-corrected chi connectivity index (χ2v) is 11.7. The van der Waals surface area contributed by atoms with Crippen molar-refractivity contribution in [3.8, 4) is 44.7 Å². The van der Waals surface area contributed by atoms with E-state index in [4.69, 9.17) is 24.4 Å². The molecule has 44 heavy (non-hydrogen) atoms. The molecule has 0 unspecified atom stereocenters. The molecule has 0 bridgehead atoms. The van der Waals surface area contributed by atoms with Crippen LogP contribution in [0.15, 0.2) is 138 Å². The van der Waals surface area contributed by atoms with Crippen LogP contribution in [0.1, 0.15) is 0 Å². The molecule has 0 radical (unpaired) electrons. The Labute approximate surface area is 256 Å². The van der Waals surface area contributed by atoms with Crippen LogP contribution in [0.5, 0.6) is 0 Å². The van der Waals surface area contributed by atoms with Crippen LogP contribution in [0, 0.1) is 0 Å². The van der Waals surface area contributed by atoms with Crippen LogP contribution in [0.2, 0.25) is 0 Å². The van der Waals surface area contributed by atoms with E-state index in [2.05, 4.69) is 54.6 Å². The first-order chi connectivity index (χ1) is 21.8. The number of nitrogens with zero attached hydrogens (tertiary/aromatic N) is 4. The molecule has 0 aliphatic rings. The van der Waals surface area contributed by atoms with Crippen molar-refractivity contribution in [3.63, 3.8) is 0 Å². The molecule has 0 amide bonds. The standard InChI is InChI=1S/C38H22N4OS/c1-3-9-23(10-4-1)35-40-36(42-37(41-35)27-17-20-33-30(22-27)29-13-7-8-14-32(29)43-33)26-15-18-28-25(21-26)16-19-31-34(28)44-38(39-31)24-11-5-2-6-12-24/h1-22H. The van der Waals surface area contributed by atoms with E-state index < -0.39 is 0 Å². The van der Waals surface area contributed by atoms with E-state index in [1.807, 2.05) is 78.9 Å². The highest BCUT2D eigenvalue weighted by Crippen LogP contribution is 2.37. The molecule has 0 saturated carbocycles. The number of para-hydroxylation sites is 1. The Morgan fingerprint density at radius 3 is 1.86 bits per heavy atom. The van der Waals surface area contributed by atoms with Crippen molar-refractivity contribution in [1.82, 2.24) is 19.9 Å². The average Bonchev–Trinajstić information content (AvgIpc) is 3.70. The van der Waals surface area contributed by atoms with Crippen LogP contribution in [-0.2, 0) is 0 Å². The third kappa shape index (κ3) is 4.15. The Bertz CT molecular complexity index is 2500. The lowest BCUT2D eigenvalue weighted by molar-refractivity contribution is 0.669. The van der Waals surface area contributed by atoms with E-state index in [1.54, 1.807) is 11.3 Å². The van der Waals surface area contributed by atoms with E-state index in [0.29, 0.717) is 17.5 Å². The maximum Gasteiger partial charge on any atom is 0.164 e. The number of aromatic nitrogens is 4. The van der Waals surface area contributed by atoms with Crippen molar-refractivity contribution in [1.29, 1.82) is 0 Å². The zero-order valence-corrected chi connectivity index (χ0v) is 24.1. The number of hydrogen-bond donors (Lipinski definition) is 0. The fraction of sp³-hybridized carbons (Fsp3) is 0. The first-order valence-corrected chi connectivity index (χ1v) is 15.2. The third-order valence-electron chi connectivity index (χ3n) is 7.95. The minimum atomic E-state index is 0.617. The fourth-order valence-electron chi connectivity index (χ4n) is 5.77. The molecule has 6 heteroatoms. The second-order valence-electron chi connectivity index (χ2n) is 10.7. The molecule has 3 heterocycles. The summed E-state index contributed by atoms with van der Waals surface area (Å²) in [5, 5.41) is 5.42. The van der Waals surface area contributed by atoms with Gasteiger partial charge in [0, 0.05) is 38.4 Å². The number of benzene rings is 6. The maximum absolute atomic E-state index is 6.07. The van der Waals surface area contributed by atoms with Crippen molar-refractivity contribution in [3.05, 3.63) is 133 Å². The van der Waals surface area contributed by atoms with Gasteiger partial charge in [0.15, 0.2) is 17.5 Å². The highest BCUT2D eigenvalue weighted by atomic mass is 32.1. The zero-order chi connectivity index (χ0) is 29.0. The first kappa shape index (κ1) is 24.8. The molecule has 9 rings (SSSR count). The van der Waals surface area contributed by atoms with Gasteiger partial charge in [0.1, 0.15) is 16.2 Å². The molecular weight excluding hydrogens is 561 g/mol. The zero-order valence-electron chi connectivity index (χ0n) is 23.3. The van der Waals surface area contributed by atoms with Gasteiger partial charge >= 0.3 is 0 Å². The van der Waals surface area contributed by atoms with Gasteiger partial charge in [0.25, 0.3) is 0 Å². The molecule has 0 fully saturated rings. The predicted octanol–water partition coefficient (Wildman–Crippen LogP) is 10.2. The molecule has 9 aromatic rings. The summed E-state index contributed by atoms with van der Waals surface area (Å²) in [5.74, 6) is 1.88. The Morgan fingerprint density at radius 1 is 0.432 bits per heavy atom. The van der Waals surface area contributed by atoms with Crippen molar-refractivity contribution in [2.45, 2.75) is 0 Å². The number of rotatable bonds is 4. The van der Waals surface area contributed by atoms with Crippen molar-refractivity contribution in [2.75, 3.05) is 0 Å². The van der Waals surface area contributed by atoms with E-state index in [0.717, 1.165) is 60.1 Å². The van der Waals surface area contributed by atoms with Gasteiger partial charge in [-0.1, -0.05) is 97.1 Å². The topological polar surface area (TPSA) is 64.7 Å². The van der Waals surface area contributed by atoms with Gasteiger partial charge in [-0.15, -0.1) is 11.3 Å². The maximum atomic E-state index is 6.07. The van der Waals surface area contributed by atoms with Crippen LogP contribution >= 0.6 is 11.3 Å². The van der Waals surface area contributed by atoms with Crippen LogP contribution in [0.25, 0.3) is 87.7 Å². The first-order valence-electron chi connectivity index (χ1n) is 14.4. The van der Waals surface area contributed by atoms with E-state index >= 15 is 0 Å². The number of furan rings is 1. The third-order valence-corrected chi connectivity index (χ3v) is 9.11. The SMILES string of the molecule is c1ccc(-c2nc(-c3ccc4c(ccc5nc(-c6ccccc6)sc54)c3)nc(-c3ccc4oc5ccccc5c4c3)n2)cc1. The molecular formula is C38H22N4OS. The van der Waals surface area contributed by atoms with Crippen LogP contribution in [0.4, 0.5) is 0 Å². The molecule has 0 spiro atoms. The molecule has 0 aliphatic carbocycles. The minimum Gasteiger partial charge on any atom is -0.456 e. The van der Waals surface area contributed by atoms with E-state index in [9.17, 15) is 0 Å². The molecule has 0 atom stereocenters. The Hall–Kier alpha value is -5.72. The van der Waals surface area contributed by atoms with Crippen molar-refractivity contribution >= 4 is 54.3 Å². The minimum absolute atomic E-state index is 0.617. The predicted molar refractivity (Wildman–Crippen MR) is 180 cm³/mol. The normalized spacial score (nSPS) is 11.6.